The van der Waals surface area contributed by atoms with Gasteiger partial charge in [-0.25, -0.2) is 4.98 Å². The molecule has 0 aliphatic heterocycles. The summed E-state index contributed by atoms with van der Waals surface area (Å²) in [7, 11) is 0. The molecular formula is C13H10F3N2. The Balaban J connectivity index is 2.16. The van der Waals surface area contributed by atoms with E-state index in [9.17, 15) is 13.2 Å². The fourth-order valence-corrected chi connectivity index (χ4v) is 1.45. The topological polar surface area (TPSA) is 24.9 Å². The van der Waals surface area contributed by atoms with E-state index in [0.29, 0.717) is 5.82 Å². The SMILES string of the molecule is Cc1c[c]cc(Nc2ccc(C(F)(F)F)cn2)c1. The fourth-order valence-electron chi connectivity index (χ4n) is 1.45. The van der Waals surface area contributed by atoms with Gasteiger partial charge < -0.3 is 5.32 Å². The quantitative estimate of drug-likeness (QED) is 0.874. The van der Waals surface area contributed by atoms with Gasteiger partial charge in [-0.1, -0.05) is 6.07 Å². The average molecular weight is 251 g/mol. The number of hydrogen-bond donors (Lipinski definition) is 1. The molecule has 1 aromatic heterocycles. The van der Waals surface area contributed by atoms with Crippen molar-refractivity contribution in [2.24, 2.45) is 0 Å². The Labute approximate surface area is 102 Å². The molecule has 5 heteroatoms. The number of hydrogen-bond acceptors (Lipinski definition) is 2. The highest BCUT2D eigenvalue weighted by molar-refractivity contribution is 5.56. The van der Waals surface area contributed by atoms with Gasteiger partial charge in [-0.3, -0.25) is 0 Å². The second-order valence-corrected chi connectivity index (χ2v) is 3.85. The van der Waals surface area contributed by atoms with Gasteiger partial charge in [0.2, 0.25) is 0 Å². The molecule has 0 fully saturated rings. The van der Waals surface area contributed by atoms with E-state index in [4.69, 9.17) is 0 Å². The first-order valence-corrected chi connectivity index (χ1v) is 5.23. The highest BCUT2D eigenvalue weighted by atomic mass is 19.4. The second kappa shape index (κ2) is 4.68. The van der Waals surface area contributed by atoms with Crippen molar-refractivity contribution in [1.29, 1.82) is 0 Å². The third-order valence-electron chi connectivity index (χ3n) is 2.30. The maximum atomic E-state index is 12.3. The van der Waals surface area contributed by atoms with Crippen LogP contribution in [0, 0.1) is 13.0 Å². The molecule has 0 saturated carbocycles. The molecule has 1 heterocycles. The van der Waals surface area contributed by atoms with Crippen molar-refractivity contribution >= 4 is 11.5 Å². The molecule has 0 saturated heterocycles. The molecule has 2 rings (SSSR count). The zero-order chi connectivity index (χ0) is 13.2. The number of nitrogens with one attached hydrogen (secondary N) is 1. The molecule has 0 bridgehead atoms. The van der Waals surface area contributed by atoms with E-state index in [2.05, 4.69) is 16.4 Å². The fraction of sp³-hybridized carbons (Fsp3) is 0.154. The Morgan fingerprint density at radius 2 is 2.00 bits per heavy atom. The van der Waals surface area contributed by atoms with Gasteiger partial charge in [0.05, 0.1) is 5.56 Å². The van der Waals surface area contributed by atoms with Gasteiger partial charge in [-0.2, -0.15) is 13.2 Å². The minimum atomic E-state index is -4.36. The summed E-state index contributed by atoms with van der Waals surface area (Å²) in [5.74, 6) is 0.363. The van der Waals surface area contributed by atoms with Crippen LogP contribution in [0.25, 0.3) is 0 Å². The maximum absolute atomic E-state index is 12.3. The number of rotatable bonds is 2. The van der Waals surface area contributed by atoms with Gasteiger partial charge in [0, 0.05) is 11.9 Å². The first-order valence-electron chi connectivity index (χ1n) is 5.23. The summed E-state index contributed by atoms with van der Waals surface area (Å²) in [6.45, 7) is 1.90. The molecule has 1 N–H and O–H groups in total. The molecule has 18 heavy (non-hydrogen) atoms. The molecule has 1 radical (unpaired) electrons. The Morgan fingerprint density at radius 3 is 2.56 bits per heavy atom. The van der Waals surface area contributed by atoms with Crippen molar-refractivity contribution in [1.82, 2.24) is 4.98 Å². The molecule has 0 aliphatic carbocycles. The van der Waals surface area contributed by atoms with Crippen molar-refractivity contribution in [3.8, 4) is 0 Å². The molecule has 2 nitrogen and oxygen atoms in total. The van der Waals surface area contributed by atoms with Crippen molar-refractivity contribution in [3.05, 3.63) is 53.7 Å². The van der Waals surface area contributed by atoms with E-state index in [1.807, 2.05) is 19.1 Å². The van der Waals surface area contributed by atoms with Crippen molar-refractivity contribution in [2.75, 3.05) is 5.32 Å². The van der Waals surface area contributed by atoms with Gasteiger partial charge in [0.25, 0.3) is 0 Å². The molecule has 0 atom stereocenters. The van der Waals surface area contributed by atoms with E-state index in [1.54, 1.807) is 6.07 Å². The van der Waals surface area contributed by atoms with Crippen molar-refractivity contribution in [3.63, 3.8) is 0 Å². The summed E-state index contributed by atoms with van der Waals surface area (Å²) in [6, 6.07) is 10.6. The highest BCUT2D eigenvalue weighted by Gasteiger charge is 2.30. The lowest BCUT2D eigenvalue weighted by molar-refractivity contribution is -0.137. The number of pyridine rings is 1. The number of aryl methyl sites for hydroxylation is 1. The molecular weight excluding hydrogens is 241 g/mol. The van der Waals surface area contributed by atoms with Crippen LogP contribution in [0.1, 0.15) is 11.1 Å². The maximum Gasteiger partial charge on any atom is 0.417 e. The first kappa shape index (κ1) is 12.4. The van der Waals surface area contributed by atoms with Crippen LogP contribution in [-0.4, -0.2) is 4.98 Å². The van der Waals surface area contributed by atoms with Crippen LogP contribution in [0.4, 0.5) is 24.7 Å². The highest BCUT2D eigenvalue weighted by Crippen LogP contribution is 2.29. The van der Waals surface area contributed by atoms with Crippen molar-refractivity contribution in [2.45, 2.75) is 13.1 Å². The third-order valence-corrected chi connectivity index (χ3v) is 2.30. The lowest BCUT2D eigenvalue weighted by Crippen LogP contribution is -2.05. The molecule has 1 aromatic carbocycles. The largest absolute Gasteiger partial charge is 0.417 e. The van der Waals surface area contributed by atoms with Gasteiger partial charge in [0.1, 0.15) is 5.82 Å². The smallest absolute Gasteiger partial charge is 0.340 e. The minimum Gasteiger partial charge on any atom is -0.340 e. The van der Waals surface area contributed by atoms with Gasteiger partial charge in [-0.05, 0) is 42.8 Å². The third kappa shape index (κ3) is 3.00. The van der Waals surface area contributed by atoms with Gasteiger partial charge in [0.15, 0.2) is 0 Å². The molecule has 0 spiro atoms. The number of aromatic nitrogens is 1. The van der Waals surface area contributed by atoms with Crippen molar-refractivity contribution < 1.29 is 13.2 Å². The Bertz CT molecular complexity index is 533. The van der Waals surface area contributed by atoms with E-state index < -0.39 is 11.7 Å². The second-order valence-electron chi connectivity index (χ2n) is 3.85. The van der Waals surface area contributed by atoms with Crippen LogP contribution < -0.4 is 5.32 Å². The normalized spacial score (nSPS) is 11.3. The monoisotopic (exact) mass is 251 g/mol. The zero-order valence-electron chi connectivity index (χ0n) is 9.55. The number of alkyl halides is 3. The van der Waals surface area contributed by atoms with Crippen LogP contribution in [0.3, 0.4) is 0 Å². The summed E-state index contributed by atoms with van der Waals surface area (Å²) in [5.41, 5.74) is 0.984. The minimum absolute atomic E-state index is 0.363. The number of anilines is 2. The Kier molecular flexibility index (Phi) is 3.23. The summed E-state index contributed by atoms with van der Waals surface area (Å²) in [5, 5.41) is 2.91. The Morgan fingerprint density at radius 1 is 1.22 bits per heavy atom. The summed E-state index contributed by atoms with van der Waals surface area (Å²) in [6.07, 6.45) is -3.55. The molecule has 0 unspecified atom stereocenters. The van der Waals surface area contributed by atoms with E-state index >= 15 is 0 Å². The van der Waals surface area contributed by atoms with Crippen LogP contribution in [0.5, 0.6) is 0 Å². The van der Waals surface area contributed by atoms with Gasteiger partial charge in [-0.15, -0.1) is 0 Å². The van der Waals surface area contributed by atoms with Gasteiger partial charge >= 0.3 is 6.18 Å². The van der Waals surface area contributed by atoms with Crippen LogP contribution >= 0.6 is 0 Å². The predicted molar refractivity (Wildman–Crippen MR) is 62.5 cm³/mol. The first-order chi connectivity index (χ1) is 8.45. The van der Waals surface area contributed by atoms with E-state index in [1.165, 1.54) is 6.07 Å². The molecule has 0 aliphatic rings. The lowest BCUT2D eigenvalue weighted by atomic mass is 10.2. The van der Waals surface area contributed by atoms with E-state index in [-0.39, 0.29) is 0 Å². The van der Waals surface area contributed by atoms with Crippen LogP contribution in [0.15, 0.2) is 36.5 Å². The number of nitrogens with zero attached hydrogens (tertiary/aromatic N) is 1. The molecule has 93 valence electrons. The number of halogens is 3. The average Bonchev–Trinajstić information content (AvgIpc) is 2.28. The molecule has 0 amide bonds. The lowest BCUT2D eigenvalue weighted by Gasteiger charge is -2.08. The Hall–Kier alpha value is -2.04. The standard InChI is InChI=1S/C13H10F3N2/c1-9-3-2-4-11(7-9)18-12-6-5-10(8-17-12)13(14,15)16/h3-8H,1H3,(H,17,18). The summed E-state index contributed by atoms with van der Waals surface area (Å²) < 4.78 is 37.0. The zero-order valence-corrected chi connectivity index (χ0v) is 9.55. The summed E-state index contributed by atoms with van der Waals surface area (Å²) in [4.78, 5) is 3.73. The molecule has 2 aromatic rings. The number of benzene rings is 1. The predicted octanol–water partition coefficient (Wildman–Crippen LogP) is 3.95. The summed E-state index contributed by atoms with van der Waals surface area (Å²) >= 11 is 0. The van der Waals surface area contributed by atoms with Crippen LogP contribution in [-0.2, 0) is 6.18 Å². The van der Waals surface area contributed by atoms with Crippen LogP contribution in [0.2, 0.25) is 0 Å². The van der Waals surface area contributed by atoms with E-state index in [0.717, 1.165) is 23.5 Å².